The van der Waals surface area contributed by atoms with Crippen molar-refractivity contribution in [2.75, 3.05) is 7.11 Å². The van der Waals surface area contributed by atoms with Crippen molar-refractivity contribution in [2.45, 2.75) is 57.2 Å². The van der Waals surface area contributed by atoms with Gasteiger partial charge in [0.15, 0.2) is 0 Å². The minimum atomic E-state index is -0.294. The third-order valence-electron chi connectivity index (χ3n) is 4.21. The van der Waals surface area contributed by atoms with E-state index in [1.54, 1.807) is 7.11 Å². The predicted octanol–water partition coefficient (Wildman–Crippen LogP) is 3.11. The van der Waals surface area contributed by atoms with Gasteiger partial charge in [-0.2, -0.15) is 0 Å². The zero-order chi connectivity index (χ0) is 13.0. The summed E-state index contributed by atoms with van der Waals surface area (Å²) in [5.74, 6) is 0. The van der Waals surface area contributed by atoms with Crippen LogP contribution in [0.15, 0.2) is 24.3 Å². The Morgan fingerprint density at radius 3 is 2.28 bits per heavy atom. The summed E-state index contributed by atoms with van der Waals surface area (Å²) in [6.07, 6.45) is 5.68. The summed E-state index contributed by atoms with van der Waals surface area (Å²) in [6.45, 7) is 2.16. The van der Waals surface area contributed by atoms with Crippen LogP contribution in [0.2, 0.25) is 0 Å². The van der Waals surface area contributed by atoms with Gasteiger partial charge in [0.2, 0.25) is 0 Å². The first-order chi connectivity index (χ1) is 8.67. The molecule has 1 aromatic rings. The standard InChI is InChI=1S/C16H24O2/c1-3-13-5-7-14(8-6-13)11-15(17)12-16(18-2)9-4-10-16/h5-8,15,17H,3-4,9-12H2,1-2H3. The number of hydrogen-bond donors (Lipinski definition) is 1. The minimum absolute atomic E-state index is 0.0389. The van der Waals surface area contributed by atoms with Crippen LogP contribution in [-0.2, 0) is 17.6 Å². The molecule has 0 saturated heterocycles. The Morgan fingerprint density at radius 1 is 1.22 bits per heavy atom. The van der Waals surface area contributed by atoms with Gasteiger partial charge >= 0.3 is 0 Å². The second kappa shape index (κ2) is 5.85. The Bertz CT molecular complexity index is 360. The number of benzene rings is 1. The molecule has 0 radical (unpaired) electrons. The number of hydrogen-bond acceptors (Lipinski definition) is 2. The first-order valence-corrected chi connectivity index (χ1v) is 6.98. The normalized spacial score (nSPS) is 19.3. The van der Waals surface area contributed by atoms with Gasteiger partial charge in [0, 0.05) is 13.5 Å². The maximum atomic E-state index is 10.2. The van der Waals surface area contributed by atoms with Crippen LogP contribution in [0, 0.1) is 0 Å². The lowest BCUT2D eigenvalue weighted by Crippen LogP contribution is -2.42. The van der Waals surface area contributed by atoms with E-state index in [2.05, 4.69) is 31.2 Å². The highest BCUT2D eigenvalue weighted by molar-refractivity contribution is 5.23. The van der Waals surface area contributed by atoms with Gasteiger partial charge in [0.1, 0.15) is 0 Å². The fraction of sp³-hybridized carbons (Fsp3) is 0.625. The molecule has 1 aromatic carbocycles. The third-order valence-corrected chi connectivity index (χ3v) is 4.21. The van der Waals surface area contributed by atoms with E-state index in [1.165, 1.54) is 17.5 Å². The molecule has 100 valence electrons. The van der Waals surface area contributed by atoms with Crippen molar-refractivity contribution in [1.29, 1.82) is 0 Å². The number of ether oxygens (including phenoxy) is 1. The van der Waals surface area contributed by atoms with Gasteiger partial charge in [-0.05, 0) is 43.2 Å². The molecule has 0 aromatic heterocycles. The van der Waals surface area contributed by atoms with Crippen molar-refractivity contribution >= 4 is 0 Å². The van der Waals surface area contributed by atoms with Gasteiger partial charge in [0.25, 0.3) is 0 Å². The van der Waals surface area contributed by atoms with Crippen LogP contribution in [-0.4, -0.2) is 23.9 Å². The number of aryl methyl sites for hydroxylation is 1. The summed E-state index contributed by atoms with van der Waals surface area (Å²) in [7, 11) is 1.77. The minimum Gasteiger partial charge on any atom is -0.393 e. The molecule has 1 atom stereocenters. The highest BCUT2D eigenvalue weighted by Gasteiger charge is 2.38. The Balaban J connectivity index is 1.88. The van der Waals surface area contributed by atoms with Crippen LogP contribution in [0.5, 0.6) is 0 Å². The SMILES string of the molecule is CCc1ccc(CC(O)CC2(OC)CCC2)cc1. The lowest BCUT2D eigenvalue weighted by atomic mass is 9.75. The van der Waals surface area contributed by atoms with Crippen molar-refractivity contribution in [1.82, 2.24) is 0 Å². The van der Waals surface area contributed by atoms with Crippen LogP contribution < -0.4 is 0 Å². The molecule has 2 heteroatoms. The zero-order valence-corrected chi connectivity index (χ0v) is 11.5. The van der Waals surface area contributed by atoms with E-state index in [9.17, 15) is 5.11 Å². The highest BCUT2D eigenvalue weighted by atomic mass is 16.5. The lowest BCUT2D eigenvalue weighted by molar-refractivity contribution is -0.0989. The molecule has 0 amide bonds. The molecule has 1 N–H and O–H groups in total. The van der Waals surface area contributed by atoms with Crippen molar-refractivity contribution < 1.29 is 9.84 Å². The quantitative estimate of drug-likeness (QED) is 0.838. The molecule has 0 bridgehead atoms. The van der Waals surface area contributed by atoms with E-state index in [1.807, 2.05) is 0 Å². The van der Waals surface area contributed by atoms with E-state index >= 15 is 0 Å². The molecule has 2 nitrogen and oxygen atoms in total. The van der Waals surface area contributed by atoms with E-state index in [0.717, 1.165) is 32.1 Å². The van der Waals surface area contributed by atoms with E-state index in [0.29, 0.717) is 0 Å². The molecule has 1 aliphatic rings. The van der Waals surface area contributed by atoms with Crippen molar-refractivity contribution in [3.8, 4) is 0 Å². The Hall–Kier alpha value is -0.860. The monoisotopic (exact) mass is 248 g/mol. The van der Waals surface area contributed by atoms with Gasteiger partial charge in [-0.3, -0.25) is 0 Å². The topological polar surface area (TPSA) is 29.5 Å². The van der Waals surface area contributed by atoms with Gasteiger partial charge in [-0.1, -0.05) is 31.2 Å². The maximum absolute atomic E-state index is 10.2. The fourth-order valence-corrected chi connectivity index (χ4v) is 2.75. The molecule has 1 fully saturated rings. The molecular weight excluding hydrogens is 224 g/mol. The number of aliphatic hydroxyl groups excluding tert-OH is 1. The molecule has 18 heavy (non-hydrogen) atoms. The zero-order valence-electron chi connectivity index (χ0n) is 11.5. The second-order valence-corrected chi connectivity index (χ2v) is 5.47. The van der Waals surface area contributed by atoms with E-state index in [4.69, 9.17) is 4.74 Å². The average Bonchev–Trinajstić information content (AvgIpc) is 2.35. The van der Waals surface area contributed by atoms with E-state index < -0.39 is 0 Å². The number of rotatable bonds is 6. The van der Waals surface area contributed by atoms with Crippen molar-refractivity contribution in [2.24, 2.45) is 0 Å². The first kappa shape index (κ1) is 13.6. The largest absolute Gasteiger partial charge is 0.393 e. The molecule has 0 spiro atoms. The van der Waals surface area contributed by atoms with Gasteiger partial charge in [0.05, 0.1) is 11.7 Å². The van der Waals surface area contributed by atoms with Gasteiger partial charge < -0.3 is 9.84 Å². The summed E-state index contributed by atoms with van der Waals surface area (Å²) in [4.78, 5) is 0. The number of aliphatic hydroxyl groups is 1. The van der Waals surface area contributed by atoms with Crippen LogP contribution in [0.3, 0.4) is 0 Å². The molecule has 1 unspecified atom stereocenters. The molecule has 0 heterocycles. The van der Waals surface area contributed by atoms with Crippen LogP contribution in [0.1, 0.15) is 43.7 Å². The molecule has 1 aliphatic carbocycles. The first-order valence-electron chi connectivity index (χ1n) is 6.98. The van der Waals surface area contributed by atoms with E-state index in [-0.39, 0.29) is 11.7 Å². The molecule has 2 rings (SSSR count). The third kappa shape index (κ3) is 3.12. The molecular formula is C16H24O2. The van der Waals surface area contributed by atoms with Crippen molar-refractivity contribution in [3.63, 3.8) is 0 Å². The predicted molar refractivity (Wildman–Crippen MR) is 73.7 cm³/mol. The summed E-state index contributed by atoms with van der Waals surface area (Å²) < 4.78 is 5.56. The average molecular weight is 248 g/mol. The molecule has 1 saturated carbocycles. The summed E-state index contributed by atoms with van der Waals surface area (Å²) in [6, 6.07) is 8.56. The summed E-state index contributed by atoms with van der Waals surface area (Å²) >= 11 is 0. The lowest BCUT2D eigenvalue weighted by Gasteiger charge is -2.41. The van der Waals surface area contributed by atoms with Crippen LogP contribution >= 0.6 is 0 Å². The summed E-state index contributed by atoms with van der Waals surface area (Å²) in [5, 5.41) is 10.2. The fourth-order valence-electron chi connectivity index (χ4n) is 2.75. The Labute approximate surface area is 110 Å². The highest BCUT2D eigenvalue weighted by Crippen LogP contribution is 2.39. The van der Waals surface area contributed by atoms with Crippen molar-refractivity contribution in [3.05, 3.63) is 35.4 Å². The maximum Gasteiger partial charge on any atom is 0.0703 e. The molecule has 0 aliphatic heterocycles. The smallest absolute Gasteiger partial charge is 0.0703 e. The van der Waals surface area contributed by atoms with Gasteiger partial charge in [-0.15, -0.1) is 0 Å². The second-order valence-electron chi connectivity index (χ2n) is 5.47. The Kier molecular flexibility index (Phi) is 4.41. The number of methoxy groups -OCH3 is 1. The van der Waals surface area contributed by atoms with Gasteiger partial charge in [-0.25, -0.2) is 0 Å². The van der Waals surface area contributed by atoms with Crippen LogP contribution in [0.25, 0.3) is 0 Å². The summed E-state index contributed by atoms with van der Waals surface area (Å²) in [5.41, 5.74) is 2.52. The Morgan fingerprint density at radius 2 is 1.83 bits per heavy atom. The van der Waals surface area contributed by atoms with Crippen LogP contribution in [0.4, 0.5) is 0 Å².